The summed E-state index contributed by atoms with van der Waals surface area (Å²) >= 11 is 0. The van der Waals surface area contributed by atoms with E-state index >= 15 is 0 Å². The van der Waals surface area contributed by atoms with Gasteiger partial charge in [-0.15, -0.1) is 0 Å². The molecule has 1 rings (SSSR count). The van der Waals surface area contributed by atoms with Gasteiger partial charge in [-0.1, -0.05) is 40.7 Å². The third-order valence-electron chi connectivity index (χ3n) is 2.60. The minimum absolute atomic E-state index is 0.348. The van der Waals surface area contributed by atoms with Crippen molar-refractivity contribution in [2.45, 2.75) is 53.9 Å². The average Bonchev–Trinajstić information content (AvgIpc) is 2.14. The van der Waals surface area contributed by atoms with E-state index in [1.807, 2.05) is 6.20 Å². The Morgan fingerprint density at radius 3 is 2.31 bits per heavy atom. The third-order valence-corrected chi connectivity index (χ3v) is 2.60. The first-order valence-corrected chi connectivity index (χ1v) is 6.30. The summed E-state index contributed by atoms with van der Waals surface area (Å²) in [5.74, 6) is 0.760. The highest BCUT2D eigenvalue weighted by molar-refractivity contribution is 5.15. The molecule has 0 aromatic carbocycles. The lowest BCUT2D eigenvalue weighted by molar-refractivity contribution is 0.410. The summed E-state index contributed by atoms with van der Waals surface area (Å²) in [6, 6.07) is 4.41. The van der Waals surface area contributed by atoms with Crippen molar-refractivity contribution in [3.63, 3.8) is 0 Å². The Labute approximate surface area is 100 Å². The molecule has 0 atom stereocenters. The summed E-state index contributed by atoms with van der Waals surface area (Å²) in [4.78, 5) is 4.53. The summed E-state index contributed by atoms with van der Waals surface area (Å²) in [5.41, 5.74) is 2.92. The molecule has 0 radical (unpaired) electrons. The van der Waals surface area contributed by atoms with E-state index in [-0.39, 0.29) is 0 Å². The van der Waals surface area contributed by atoms with Gasteiger partial charge in [0, 0.05) is 11.9 Å². The van der Waals surface area contributed by atoms with Crippen molar-refractivity contribution >= 4 is 0 Å². The molecule has 0 N–H and O–H groups in total. The fourth-order valence-corrected chi connectivity index (χ4v) is 1.76. The second-order valence-electron chi connectivity index (χ2n) is 6.33. The fourth-order valence-electron chi connectivity index (χ4n) is 1.76. The zero-order valence-corrected chi connectivity index (χ0v) is 11.4. The molecular weight excluding hydrogens is 194 g/mol. The molecule has 1 aromatic rings. The lowest BCUT2D eigenvalue weighted by Crippen LogP contribution is -2.09. The molecule has 0 aliphatic heterocycles. The molecule has 0 spiro atoms. The Hall–Kier alpha value is -0.850. The smallest absolute Gasteiger partial charge is 0.0403 e. The normalized spacial score (nSPS) is 12.1. The number of aromatic nitrogens is 1. The number of hydrogen-bond donors (Lipinski definition) is 0. The van der Waals surface area contributed by atoms with Crippen LogP contribution in [-0.4, -0.2) is 4.98 Å². The topological polar surface area (TPSA) is 12.9 Å². The molecule has 0 saturated heterocycles. The third kappa shape index (κ3) is 5.29. The molecule has 1 heterocycles. The Morgan fingerprint density at radius 1 is 1.19 bits per heavy atom. The van der Waals surface area contributed by atoms with E-state index < -0.39 is 0 Å². The van der Waals surface area contributed by atoms with Crippen molar-refractivity contribution in [2.24, 2.45) is 11.3 Å². The Balaban J connectivity index is 2.54. The fraction of sp³-hybridized carbons (Fsp3) is 0.667. The summed E-state index contributed by atoms with van der Waals surface area (Å²) < 4.78 is 0. The van der Waals surface area contributed by atoms with Crippen LogP contribution in [0, 0.1) is 11.3 Å². The Bertz CT molecular complexity index is 303. The predicted molar refractivity (Wildman–Crippen MR) is 70.6 cm³/mol. The molecule has 0 unspecified atom stereocenters. The van der Waals surface area contributed by atoms with Gasteiger partial charge in [-0.05, 0) is 42.2 Å². The maximum Gasteiger partial charge on any atom is 0.0403 e. The summed E-state index contributed by atoms with van der Waals surface area (Å²) in [7, 11) is 0. The van der Waals surface area contributed by atoms with Crippen molar-refractivity contribution in [3.8, 4) is 0 Å². The first-order valence-electron chi connectivity index (χ1n) is 6.30. The van der Waals surface area contributed by atoms with Crippen LogP contribution in [0.15, 0.2) is 18.3 Å². The van der Waals surface area contributed by atoms with Crippen molar-refractivity contribution in [2.75, 3.05) is 0 Å². The van der Waals surface area contributed by atoms with Gasteiger partial charge >= 0.3 is 0 Å². The highest BCUT2D eigenvalue weighted by Crippen LogP contribution is 2.20. The molecule has 0 amide bonds. The first-order chi connectivity index (χ1) is 7.37. The lowest BCUT2D eigenvalue weighted by atomic mass is 9.89. The molecule has 1 heteroatoms. The van der Waals surface area contributed by atoms with Gasteiger partial charge in [0.2, 0.25) is 0 Å². The highest BCUT2D eigenvalue weighted by atomic mass is 14.7. The Kier molecular flexibility index (Phi) is 4.52. The van der Waals surface area contributed by atoms with Crippen LogP contribution in [0.4, 0.5) is 0 Å². The second-order valence-corrected chi connectivity index (χ2v) is 6.33. The number of pyridine rings is 1. The van der Waals surface area contributed by atoms with Crippen LogP contribution in [0.1, 0.15) is 52.3 Å². The molecule has 0 fully saturated rings. The van der Waals surface area contributed by atoms with Gasteiger partial charge < -0.3 is 0 Å². The maximum atomic E-state index is 4.53. The van der Waals surface area contributed by atoms with Crippen molar-refractivity contribution in [1.82, 2.24) is 4.98 Å². The van der Waals surface area contributed by atoms with Gasteiger partial charge in [-0.2, -0.15) is 0 Å². The van der Waals surface area contributed by atoms with Gasteiger partial charge in [-0.25, -0.2) is 0 Å². The molecule has 0 aliphatic rings. The van der Waals surface area contributed by atoms with E-state index in [9.17, 15) is 0 Å². The molecule has 1 aromatic heterocycles. The quantitative estimate of drug-likeness (QED) is 0.737. The molecule has 1 nitrogen and oxygen atoms in total. The van der Waals surface area contributed by atoms with Crippen LogP contribution in [0.25, 0.3) is 0 Å². The van der Waals surface area contributed by atoms with Crippen LogP contribution in [0.3, 0.4) is 0 Å². The van der Waals surface area contributed by atoms with Crippen LogP contribution >= 0.6 is 0 Å². The molecular formula is C15H25N. The second kappa shape index (κ2) is 5.47. The average molecular weight is 219 g/mol. The van der Waals surface area contributed by atoms with Gasteiger partial charge in [0.05, 0.1) is 0 Å². The van der Waals surface area contributed by atoms with Gasteiger partial charge in [0.1, 0.15) is 0 Å². The highest BCUT2D eigenvalue weighted by Gasteiger charge is 2.11. The summed E-state index contributed by atoms with van der Waals surface area (Å²) in [6.45, 7) is 11.3. The molecule has 0 bridgehead atoms. The zero-order valence-electron chi connectivity index (χ0n) is 11.4. The molecule has 0 aliphatic carbocycles. The van der Waals surface area contributed by atoms with Gasteiger partial charge in [0.15, 0.2) is 0 Å². The predicted octanol–water partition coefficient (Wildman–Crippen LogP) is 4.26. The van der Waals surface area contributed by atoms with E-state index in [2.05, 4.69) is 51.7 Å². The summed E-state index contributed by atoms with van der Waals surface area (Å²) in [5, 5.41) is 0. The van der Waals surface area contributed by atoms with Crippen LogP contribution in [-0.2, 0) is 12.8 Å². The molecule has 0 saturated carbocycles. The van der Waals surface area contributed by atoms with E-state index in [4.69, 9.17) is 0 Å². The van der Waals surface area contributed by atoms with Crippen LogP contribution < -0.4 is 0 Å². The first kappa shape index (κ1) is 13.2. The standard InChI is InChI=1S/C15H25N/c1-12(2)6-8-14-9-7-13(11-16-14)10-15(3,4)5/h7,9,11-12H,6,8,10H2,1-5H3. The monoisotopic (exact) mass is 219 g/mol. The largest absolute Gasteiger partial charge is 0.261 e. The lowest BCUT2D eigenvalue weighted by Gasteiger charge is -2.17. The molecule has 90 valence electrons. The minimum Gasteiger partial charge on any atom is -0.261 e. The van der Waals surface area contributed by atoms with E-state index in [0.717, 1.165) is 18.8 Å². The van der Waals surface area contributed by atoms with Gasteiger partial charge in [-0.3, -0.25) is 4.98 Å². The number of aryl methyl sites for hydroxylation is 1. The van der Waals surface area contributed by atoms with Gasteiger partial charge in [0.25, 0.3) is 0 Å². The van der Waals surface area contributed by atoms with Crippen LogP contribution in [0.5, 0.6) is 0 Å². The van der Waals surface area contributed by atoms with Crippen LogP contribution in [0.2, 0.25) is 0 Å². The number of hydrogen-bond acceptors (Lipinski definition) is 1. The minimum atomic E-state index is 0.348. The summed E-state index contributed by atoms with van der Waals surface area (Å²) in [6.07, 6.45) is 5.48. The maximum absolute atomic E-state index is 4.53. The Morgan fingerprint density at radius 2 is 1.88 bits per heavy atom. The SMILES string of the molecule is CC(C)CCc1ccc(CC(C)(C)C)cn1. The molecule has 16 heavy (non-hydrogen) atoms. The van der Waals surface area contributed by atoms with E-state index in [1.165, 1.54) is 17.7 Å². The van der Waals surface area contributed by atoms with E-state index in [1.54, 1.807) is 0 Å². The van der Waals surface area contributed by atoms with Crippen molar-refractivity contribution < 1.29 is 0 Å². The van der Waals surface area contributed by atoms with Crippen molar-refractivity contribution in [3.05, 3.63) is 29.6 Å². The number of nitrogens with zero attached hydrogens (tertiary/aromatic N) is 1. The van der Waals surface area contributed by atoms with Crippen molar-refractivity contribution in [1.29, 1.82) is 0 Å². The zero-order chi connectivity index (χ0) is 12.2. The number of rotatable bonds is 4. The van der Waals surface area contributed by atoms with E-state index in [0.29, 0.717) is 5.41 Å².